The van der Waals surface area contributed by atoms with E-state index in [1.165, 1.54) is 6.33 Å². The molecule has 0 bridgehead atoms. The second-order valence-corrected chi connectivity index (χ2v) is 4.75. The molecular weight excluding hydrogens is 300 g/mol. The summed E-state index contributed by atoms with van der Waals surface area (Å²) < 4.78 is 16.9. The maximum absolute atomic E-state index is 11.6. The third-order valence-corrected chi connectivity index (χ3v) is 3.28. The molecule has 2 aliphatic rings. The Kier molecular flexibility index (Phi) is 3.50. The van der Waals surface area contributed by atoms with E-state index in [9.17, 15) is 19.5 Å². The smallest absolute Gasteiger partial charge is 0.317 e. The number of rotatable bonds is 3. The Morgan fingerprint density at radius 2 is 2.05 bits per heavy atom. The van der Waals surface area contributed by atoms with E-state index >= 15 is 0 Å². The first-order chi connectivity index (χ1) is 10.5. The number of primary amides is 1. The maximum Gasteiger partial charge on any atom is 0.317 e. The van der Waals surface area contributed by atoms with Gasteiger partial charge in [0.05, 0.1) is 6.61 Å². The molecule has 2 saturated heterocycles. The van der Waals surface area contributed by atoms with Crippen LogP contribution in [0.1, 0.15) is 23.3 Å². The van der Waals surface area contributed by atoms with Gasteiger partial charge in [-0.3, -0.25) is 14.4 Å². The number of aromatic nitrogens is 3. The van der Waals surface area contributed by atoms with Gasteiger partial charge in [-0.25, -0.2) is 9.67 Å². The summed E-state index contributed by atoms with van der Waals surface area (Å²) in [7, 11) is 0. The van der Waals surface area contributed by atoms with Crippen molar-refractivity contribution in [1.29, 1.82) is 0 Å². The summed E-state index contributed by atoms with van der Waals surface area (Å²) in [6.45, 7) is -0.458. The highest BCUT2D eigenvalue weighted by molar-refractivity contribution is 5.92. The Morgan fingerprint density at radius 3 is 2.64 bits per heavy atom. The average molecular weight is 312 g/mol. The summed E-state index contributed by atoms with van der Waals surface area (Å²) in [5.41, 5.74) is 5.06. The summed E-state index contributed by atoms with van der Waals surface area (Å²) in [6.07, 6.45) is -3.25. The molecule has 2 fully saturated rings. The Bertz CT molecular complexity index is 630. The number of carbonyl (C=O) groups excluding carboxylic acids is 3. The van der Waals surface area contributed by atoms with Gasteiger partial charge in [0, 0.05) is 0 Å². The molecule has 0 radical (unpaired) electrons. The molecule has 1 aromatic rings. The minimum absolute atomic E-state index is 0.246. The van der Waals surface area contributed by atoms with Crippen molar-refractivity contribution in [2.24, 2.45) is 5.73 Å². The molecule has 2 aliphatic heterocycles. The third kappa shape index (κ3) is 2.40. The molecule has 0 saturated carbocycles. The summed E-state index contributed by atoms with van der Waals surface area (Å²) in [4.78, 5) is 37.8. The van der Waals surface area contributed by atoms with E-state index in [1.807, 2.05) is 0 Å². The van der Waals surface area contributed by atoms with Crippen LogP contribution in [0.15, 0.2) is 6.33 Å². The minimum atomic E-state index is -1.02. The lowest BCUT2D eigenvalue weighted by molar-refractivity contribution is -0.156. The average Bonchev–Trinajstić information content (AvgIpc) is 3.01. The highest BCUT2D eigenvalue weighted by atomic mass is 16.7. The van der Waals surface area contributed by atoms with Crippen LogP contribution in [0.3, 0.4) is 0 Å². The third-order valence-electron chi connectivity index (χ3n) is 3.28. The van der Waals surface area contributed by atoms with Gasteiger partial charge in [0.2, 0.25) is 5.82 Å². The molecule has 3 N–H and O–H groups in total. The Hall–Kier alpha value is -2.53. The molecule has 0 spiro atoms. The molecule has 4 unspecified atom stereocenters. The molecular formula is C11H12N4O7. The van der Waals surface area contributed by atoms with Gasteiger partial charge in [-0.1, -0.05) is 0 Å². The van der Waals surface area contributed by atoms with Crippen LogP contribution in [0.25, 0.3) is 0 Å². The minimum Gasteiger partial charge on any atom is -0.455 e. The van der Waals surface area contributed by atoms with Gasteiger partial charge in [-0.2, -0.15) is 0 Å². The molecule has 11 nitrogen and oxygen atoms in total. The normalized spacial score (nSPS) is 31.1. The molecule has 11 heteroatoms. The fourth-order valence-corrected chi connectivity index (χ4v) is 2.35. The van der Waals surface area contributed by atoms with Crippen LogP contribution >= 0.6 is 0 Å². The fourth-order valence-electron chi connectivity index (χ4n) is 2.35. The number of carbonyl (C=O) groups is 3. The van der Waals surface area contributed by atoms with Gasteiger partial charge in [-0.15, -0.1) is 5.10 Å². The number of nitrogens with two attached hydrogens (primary N) is 1. The van der Waals surface area contributed by atoms with Gasteiger partial charge >= 0.3 is 11.9 Å². The lowest BCUT2D eigenvalue weighted by Gasteiger charge is -2.19. The van der Waals surface area contributed by atoms with Crippen LogP contribution in [-0.2, 0) is 23.8 Å². The Balaban J connectivity index is 1.92. The van der Waals surface area contributed by atoms with Crippen molar-refractivity contribution in [2.45, 2.75) is 31.0 Å². The van der Waals surface area contributed by atoms with Crippen LogP contribution < -0.4 is 5.73 Å². The van der Waals surface area contributed by atoms with Crippen molar-refractivity contribution in [2.75, 3.05) is 6.61 Å². The second kappa shape index (κ2) is 5.35. The summed E-state index contributed by atoms with van der Waals surface area (Å²) >= 11 is 0. The van der Waals surface area contributed by atoms with Gasteiger partial charge in [0.25, 0.3) is 5.91 Å². The zero-order chi connectivity index (χ0) is 15.9. The number of amides is 1. The number of hydrogen-bond acceptors (Lipinski definition) is 9. The van der Waals surface area contributed by atoms with Gasteiger partial charge in [-0.05, 0) is 0 Å². The van der Waals surface area contributed by atoms with E-state index in [4.69, 9.17) is 19.9 Å². The number of aliphatic hydroxyl groups is 1. The highest BCUT2D eigenvalue weighted by Crippen LogP contribution is 2.35. The van der Waals surface area contributed by atoms with Crippen LogP contribution in [0.2, 0.25) is 0 Å². The molecule has 1 amide bonds. The maximum atomic E-state index is 11.6. The van der Waals surface area contributed by atoms with E-state index in [2.05, 4.69) is 10.1 Å². The number of ether oxygens (including phenoxy) is 3. The van der Waals surface area contributed by atoms with E-state index in [-0.39, 0.29) is 5.82 Å². The summed E-state index contributed by atoms with van der Waals surface area (Å²) in [6, 6.07) is 0. The molecule has 1 aromatic heterocycles. The predicted molar refractivity (Wildman–Crippen MR) is 63.9 cm³/mol. The molecule has 0 aromatic carbocycles. The largest absolute Gasteiger partial charge is 0.455 e. The first kappa shape index (κ1) is 14.4. The van der Waals surface area contributed by atoms with Crippen LogP contribution in [0.5, 0.6) is 0 Å². The predicted octanol–water partition coefficient (Wildman–Crippen LogP) is -2.51. The number of esters is 2. The van der Waals surface area contributed by atoms with E-state index in [0.717, 1.165) is 4.68 Å². The van der Waals surface area contributed by atoms with E-state index in [0.29, 0.717) is 0 Å². The molecule has 118 valence electrons. The summed E-state index contributed by atoms with van der Waals surface area (Å²) in [5.74, 6) is -2.63. The lowest BCUT2D eigenvalue weighted by atomic mass is 10.1. The van der Waals surface area contributed by atoms with Gasteiger partial charge < -0.3 is 25.1 Å². The first-order valence-electron chi connectivity index (χ1n) is 6.36. The van der Waals surface area contributed by atoms with Crippen molar-refractivity contribution >= 4 is 17.8 Å². The molecule has 3 heterocycles. The standard InChI is InChI=1S/C11H12N4O7/c12-9(19)10-13-3-15(14-10)11-8-7(4(2-16)20-11)21-5(17)1-6(18)22-8/h3-4,7-8,11,16H,1-2H2,(H2,12,19). The topological polar surface area (TPSA) is 156 Å². The number of aliphatic hydroxyl groups excluding tert-OH is 1. The number of fused-ring (bicyclic) bond motifs is 1. The summed E-state index contributed by atoms with van der Waals surface area (Å²) in [5, 5.41) is 13.1. The quantitative estimate of drug-likeness (QED) is 0.454. The SMILES string of the molecule is NC(=O)c1ncn(C2OC(CO)C3OC(=O)CC(=O)OC32)n1. The fraction of sp³-hybridized carbons (Fsp3) is 0.545. The number of nitrogens with zero attached hydrogens (tertiary/aromatic N) is 3. The second-order valence-electron chi connectivity index (χ2n) is 4.75. The van der Waals surface area contributed by atoms with Crippen molar-refractivity contribution in [3.8, 4) is 0 Å². The zero-order valence-corrected chi connectivity index (χ0v) is 11.1. The van der Waals surface area contributed by atoms with Crippen molar-refractivity contribution in [3.63, 3.8) is 0 Å². The van der Waals surface area contributed by atoms with Crippen LogP contribution in [-0.4, -0.2) is 62.6 Å². The highest BCUT2D eigenvalue weighted by Gasteiger charge is 2.52. The van der Waals surface area contributed by atoms with Gasteiger partial charge in [0.15, 0.2) is 18.4 Å². The van der Waals surface area contributed by atoms with Crippen LogP contribution in [0.4, 0.5) is 0 Å². The Labute approximate surface area is 122 Å². The van der Waals surface area contributed by atoms with E-state index in [1.54, 1.807) is 0 Å². The zero-order valence-electron chi connectivity index (χ0n) is 11.1. The van der Waals surface area contributed by atoms with Crippen molar-refractivity contribution < 1.29 is 33.7 Å². The molecule has 0 aliphatic carbocycles. The molecule has 22 heavy (non-hydrogen) atoms. The van der Waals surface area contributed by atoms with Gasteiger partial charge in [0.1, 0.15) is 18.9 Å². The molecule has 3 rings (SSSR count). The Morgan fingerprint density at radius 1 is 1.36 bits per heavy atom. The number of hydrogen-bond donors (Lipinski definition) is 2. The first-order valence-corrected chi connectivity index (χ1v) is 6.36. The van der Waals surface area contributed by atoms with Crippen LogP contribution in [0, 0.1) is 0 Å². The monoisotopic (exact) mass is 312 g/mol. The van der Waals surface area contributed by atoms with Crippen molar-refractivity contribution in [3.05, 3.63) is 12.2 Å². The van der Waals surface area contributed by atoms with E-state index < -0.39 is 55.4 Å². The van der Waals surface area contributed by atoms with Crippen molar-refractivity contribution in [1.82, 2.24) is 14.8 Å². The lowest BCUT2D eigenvalue weighted by Crippen LogP contribution is -2.37. The molecule has 4 atom stereocenters.